The second-order valence-electron chi connectivity index (χ2n) is 5.60. The van der Waals surface area contributed by atoms with Crippen LogP contribution in [0.2, 0.25) is 0 Å². The molecule has 0 aromatic carbocycles. The molecule has 2 unspecified atom stereocenters. The van der Waals surface area contributed by atoms with Gasteiger partial charge in [-0.2, -0.15) is 0 Å². The fourth-order valence-corrected chi connectivity index (χ4v) is 3.29. The van der Waals surface area contributed by atoms with Crippen molar-refractivity contribution in [2.75, 3.05) is 26.7 Å². The third kappa shape index (κ3) is 3.18. The largest absolute Gasteiger partial charge is 0.330 e. The van der Waals surface area contributed by atoms with Crippen LogP contribution in [0.4, 0.5) is 0 Å². The molecule has 1 aliphatic carbocycles. The van der Waals surface area contributed by atoms with E-state index < -0.39 is 0 Å². The summed E-state index contributed by atoms with van der Waals surface area (Å²) in [6, 6.07) is 0. The second kappa shape index (κ2) is 5.31. The lowest BCUT2D eigenvalue weighted by Crippen LogP contribution is -2.30. The molecule has 1 heterocycles. The Bertz CT molecular complexity index is 189. The second-order valence-corrected chi connectivity index (χ2v) is 5.60. The molecule has 2 aliphatic rings. The van der Waals surface area contributed by atoms with Crippen molar-refractivity contribution in [2.45, 2.75) is 38.5 Å². The summed E-state index contributed by atoms with van der Waals surface area (Å²) in [5, 5.41) is 0. The predicted molar refractivity (Wildman–Crippen MR) is 64.7 cm³/mol. The molecular formula is C13H26N2. The Labute approximate surface area is 94.2 Å². The summed E-state index contributed by atoms with van der Waals surface area (Å²) in [5.74, 6) is 2.91. The first-order valence-electron chi connectivity index (χ1n) is 6.70. The molecule has 2 heteroatoms. The van der Waals surface area contributed by atoms with E-state index in [1.54, 1.807) is 0 Å². The number of nitrogens with zero attached hydrogens (tertiary/aromatic N) is 1. The van der Waals surface area contributed by atoms with Crippen LogP contribution in [0.3, 0.4) is 0 Å². The smallest absolute Gasteiger partial charge is 0.000937 e. The van der Waals surface area contributed by atoms with Crippen molar-refractivity contribution in [3.8, 4) is 0 Å². The van der Waals surface area contributed by atoms with Gasteiger partial charge in [0, 0.05) is 6.54 Å². The third-order valence-electron chi connectivity index (χ3n) is 4.24. The molecule has 0 bridgehead atoms. The molecule has 88 valence electrons. The highest BCUT2D eigenvalue weighted by molar-refractivity contribution is 4.87. The summed E-state index contributed by atoms with van der Waals surface area (Å²) in [4.78, 5) is 2.53. The summed E-state index contributed by atoms with van der Waals surface area (Å²) in [6.45, 7) is 3.51. The number of nitrogens with two attached hydrogens (primary N) is 1. The normalized spacial score (nSPS) is 31.2. The summed E-state index contributed by atoms with van der Waals surface area (Å²) in [7, 11) is 2.28. The van der Waals surface area contributed by atoms with Crippen LogP contribution in [0.25, 0.3) is 0 Å². The van der Waals surface area contributed by atoms with Crippen LogP contribution in [0.15, 0.2) is 0 Å². The Morgan fingerprint density at radius 2 is 2.00 bits per heavy atom. The van der Waals surface area contributed by atoms with Crippen LogP contribution in [-0.2, 0) is 0 Å². The molecule has 1 saturated heterocycles. The van der Waals surface area contributed by atoms with E-state index in [2.05, 4.69) is 11.9 Å². The van der Waals surface area contributed by atoms with Gasteiger partial charge < -0.3 is 10.6 Å². The maximum Gasteiger partial charge on any atom is 0.000937 e. The molecule has 0 amide bonds. The first-order valence-corrected chi connectivity index (χ1v) is 6.70. The molecule has 1 saturated carbocycles. The molecule has 0 aromatic heterocycles. The van der Waals surface area contributed by atoms with Gasteiger partial charge in [-0.05, 0) is 70.0 Å². The molecule has 2 rings (SSSR count). The summed E-state index contributed by atoms with van der Waals surface area (Å²) >= 11 is 0. The minimum atomic E-state index is 0.890. The summed E-state index contributed by atoms with van der Waals surface area (Å²) < 4.78 is 0. The van der Waals surface area contributed by atoms with E-state index in [9.17, 15) is 0 Å². The van der Waals surface area contributed by atoms with E-state index in [1.807, 2.05) is 0 Å². The van der Waals surface area contributed by atoms with Crippen LogP contribution in [-0.4, -0.2) is 31.6 Å². The van der Waals surface area contributed by atoms with Crippen molar-refractivity contribution in [2.24, 2.45) is 23.5 Å². The van der Waals surface area contributed by atoms with Gasteiger partial charge >= 0.3 is 0 Å². The van der Waals surface area contributed by atoms with E-state index >= 15 is 0 Å². The quantitative estimate of drug-likeness (QED) is 0.770. The van der Waals surface area contributed by atoms with E-state index in [0.29, 0.717) is 0 Å². The van der Waals surface area contributed by atoms with Gasteiger partial charge in [0.2, 0.25) is 0 Å². The van der Waals surface area contributed by atoms with Gasteiger partial charge in [0.05, 0.1) is 0 Å². The van der Waals surface area contributed by atoms with Crippen LogP contribution in [0.5, 0.6) is 0 Å². The van der Waals surface area contributed by atoms with Gasteiger partial charge in [0.25, 0.3) is 0 Å². The Balaban J connectivity index is 1.91. The van der Waals surface area contributed by atoms with Gasteiger partial charge in [0.1, 0.15) is 0 Å². The lowest BCUT2D eigenvalue weighted by Gasteiger charge is -2.28. The Hall–Kier alpha value is -0.0800. The zero-order chi connectivity index (χ0) is 10.7. The molecule has 0 spiro atoms. The number of hydrogen-bond acceptors (Lipinski definition) is 2. The zero-order valence-corrected chi connectivity index (χ0v) is 10.1. The fourth-order valence-electron chi connectivity index (χ4n) is 3.29. The van der Waals surface area contributed by atoms with Crippen LogP contribution in [0, 0.1) is 17.8 Å². The van der Waals surface area contributed by atoms with Crippen LogP contribution >= 0.6 is 0 Å². The standard InChI is InChI=1S/C13H26N2/c1-15-9-3-2-4-12(10-15)13(7-8-14)11-5-6-11/h11-13H,2-10,14H2,1H3. The number of rotatable bonds is 4. The summed E-state index contributed by atoms with van der Waals surface area (Å²) in [6.07, 6.45) is 8.50. The minimum Gasteiger partial charge on any atom is -0.330 e. The highest BCUT2D eigenvalue weighted by atomic mass is 15.1. The summed E-state index contributed by atoms with van der Waals surface area (Å²) in [5.41, 5.74) is 5.76. The van der Waals surface area contributed by atoms with E-state index in [0.717, 1.165) is 24.3 Å². The van der Waals surface area contributed by atoms with E-state index in [1.165, 1.54) is 51.6 Å². The first-order chi connectivity index (χ1) is 7.31. The predicted octanol–water partition coefficient (Wildman–Crippen LogP) is 2.09. The van der Waals surface area contributed by atoms with E-state index in [4.69, 9.17) is 5.73 Å². The molecular weight excluding hydrogens is 184 g/mol. The fraction of sp³-hybridized carbons (Fsp3) is 1.00. The van der Waals surface area contributed by atoms with Gasteiger partial charge in [-0.15, -0.1) is 0 Å². The Morgan fingerprint density at radius 3 is 2.67 bits per heavy atom. The molecule has 0 aromatic rings. The topological polar surface area (TPSA) is 29.3 Å². The molecule has 2 nitrogen and oxygen atoms in total. The van der Waals surface area contributed by atoms with Crippen molar-refractivity contribution in [3.63, 3.8) is 0 Å². The van der Waals surface area contributed by atoms with Gasteiger partial charge in [-0.3, -0.25) is 0 Å². The van der Waals surface area contributed by atoms with Crippen LogP contribution in [0.1, 0.15) is 38.5 Å². The minimum absolute atomic E-state index is 0.890. The zero-order valence-electron chi connectivity index (χ0n) is 10.1. The van der Waals surface area contributed by atoms with Crippen molar-refractivity contribution < 1.29 is 0 Å². The van der Waals surface area contributed by atoms with Crippen molar-refractivity contribution in [1.29, 1.82) is 0 Å². The molecule has 2 N–H and O–H groups in total. The van der Waals surface area contributed by atoms with Crippen molar-refractivity contribution in [1.82, 2.24) is 4.90 Å². The van der Waals surface area contributed by atoms with Gasteiger partial charge in [0.15, 0.2) is 0 Å². The lowest BCUT2D eigenvalue weighted by molar-refractivity contribution is 0.208. The van der Waals surface area contributed by atoms with E-state index in [-0.39, 0.29) is 0 Å². The lowest BCUT2D eigenvalue weighted by atomic mass is 9.82. The monoisotopic (exact) mass is 210 g/mol. The van der Waals surface area contributed by atoms with Gasteiger partial charge in [-0.1, -0.05) is 6.42 Å². The number of likely N-dealkylation sites (tertiary alicyclic amines) is 1. The molecule has 15 heavy (non-hydrogen) atoms. The van der Waals surface area contributed by atoms with Gasteiger partial charge in [-0.25, -0.2) is 0 Å². The Morgan fingerprint density at radius 1 is 1.20 bits per heavy atom. The molecule has 2 fully saturated rings. The molecule has 0 radical (unpaired) electrons. The number of hydrogen-bond donors (Lipinski definition) is 1. The third-order valence-corrected chi connectivity index (χ3v) is 4.24. The first kappa shape index (κ1) is 11.4. The molecule has 1 aliphatic heterocycles. The van der Waals surface area contributed by atoms with Crippen LogP contribution < -0.4 is 5.73 Å². The average Bonchev–Trinajstić information content (AvgIpc) is 3.01. The maximum atomic E-state index is 5.76. The van der Waals surface area contributed by atoms with Crippen molar-refractivity contribution >= 4 is 0 Å². The maximum absolute atomic E-state index is 5.76. The van der Waals surface area contributed by atoms with Crippen molar-refractivity contribution in [3.05, 3.63) is 0 Å². The highest BCUT2D eigenvalue weighted by Crippen LogP contribution is 2.44. The molecule has 2 atom stereocenters. The SMILES string of the molecule is CN1CCCCC(C(CCN)C2CC2)C1. The average molecular weight is 210 g/mol. The highest BCUT2D eigenvalue weighted by Gasteiger charge is 2.36. The Kier molecular flexibility index (Phi) is 4.04.